The third kappa shape index (κ3) is 18.6. The zero-order valence-corrected chi connectivity index (χ0v) is 20.8. The summed E-state index contributed by atoms with van der Waals surface area (Å²) >= 11 is 0. The molecule has 0 spiro atoms. The van der Waals surface area contributed by atoms with Crippen molar-refractivity contribution in [2.45, 2.75) is 122 Å². The molecule has 0 aliphatic rings. The maximum Gasteiger partial charge on any atom is 1.00 e. The van der Waals surface area contributed by atoms with Crippen LogP contribution < -0.4 is 51.4 Å². The normalized spacial score (nSPS) is 14.1. The molecular weight excluding hydrogens is 363 g/mol. The summed E-state index contributed by atoms with van der Waals surface area (Å²) in [6, 6.07) is 0. The molecule has 0 bridgehead atoms. The van der Waals surface area contributed by atoms with Crippen molar-refractivity contribution < 1.29 is 69.5 Å². The average molecular weight is 403 g/mol. The Balaban J connectivity index is 0. The van der Waals surface area contributed by atoms with Crippen molar-refractivity contribution in [3.05, 3.63) is 0 Å². The van der Waals surface area contributed by atoms with E-state index in [0.717, 1.165) is 44.9 Å². The van der Waals surface area contributed by atoms with Gasteiger partial charge in [-0.2, -0.15) is 0 Å². The van der Waals surface area contributed by atoms with Gasteiger partial charge in [0.1, 0.15) is 0 Å². The fourth-order valence-corrected chi connectivity index (χ4v) is 4.01. The average Bonchev–Trinajstić information content (AvgIpc) is 2.52. The van der Waals surface area contributed by atoms with Gasteiger partial charge in [0, 0.05) is 5.25 Å². The van der Waals surface area contributed by atoms with E-state index in [0.29, 0.717) is 25.7 Å². The van der Waals surface area contributed by atoms with Gasteiger partial charge in [0.15, 0.2) is 0 Å². The molecule has 6 heteroatoms. The van der Waals surface area contributed by atoms with Gasteiger partial charge >= 0.3 is 51.4 Å². The third-order valence-corrected chi connectivity index (χ3v) is 6.03. The van der Waals surface area contributed by atoms with E-state index >= 15 is 0 Å². The predicted octanol–water partition coefficient (Wildman–Crippen LogP) is 2.16. The second kappa shape index (κ2) is 18.9. The summed E-state index contributed by atoms with van der Waals surface area (Å²) in [5, 5.41) is 9.05. The molecule has 0 saturated carbocycles. The van der Waals surface area contributed by atoms with Crippen LogP contribution in [0.5, 0.6) is 0 Å². The molecule has 0 saturated heterocycles. The van der Waals surface area contributed by atoms with Crippen molar-refractivity contribution in [2.75, 3.05) is 0 Å². The number of rotatable bonds is 17. The minimum Gasteiger partial charge on any atom is -0.748 e. The molecule has 0 fully saturated rings. The van der Waals surface area contributed by atoms with Crippen LogP contribution in [0.25, 0.3) is 0 Å². The Morgan fingerprint density at radius 3 is 1.64 bits per heavy atom. The molecule has 0 aliphatic heterocycles. The minimum atomic E-state index is -4.19. The van der Waals surface area contributed by atoms with Crippen LogP contribution in [0.1, 0.15) is 110 Å². The molecule has 25 heavy (non-hydrogen) atoms. The quantitative estimate of drug-likeness (QED) is 0.230. The molecule has 0 aromatic heterocycles. The Morgan fingerprint density at radius 2 is 1.12 bits per heavy atom. The van der Waals surface area contributed by atoms with E-state index in [4.69, 9.17) is 0 Å². The van der Waals surface area contributed by atoms with Gasteiger partial charge in [-0.3, -0.25) is 0 Å². The maximum absolute atomic E-state index is 11.4. The fourth-order valence-electron chi connectivity index (χ4n) is 3.10. The smallest absolute Gasteiger partial charge is 0.748 e. The molecular formula is C19H39KO4S. The molecule has 0 rings (SSSR count). The van der Waals surface area contributed by atoms with E-state index in [2.05, 4.69) is 13.8 Å². The fraction of sp³-hybridized carbons (Fsp3) is 1.00. The van der Waals surface area contributed by atoms with Gasteiger partial charge in [0.25, 0.3) is 0 Å². The molecule has 0 aliphatic carbocycles. The molecule has 0 aromatic rings. The number of unbranched alkanes of at least 4 members (excludes halogenated alkanes) is 8. The van der Waals surface area contributed by atoms with Gasteiger partial charge in [-0.25, -0.2) is 8.42 Å². The van der Waals surface area contributed by atoms with Crippen LogP contribution in [0.2, 0.25) is 0 Å². The Morgan fingerprint density at radius 1 is 0.720 bits per heavy atom. The first-order valence-corrected chi connectivity index (χ1v) is 11.5. The molecule has 0 amide bonds. The van der Waals surface area contributed by atoms with Crippen molar-refractivity contribution in [3.8, 4) is 0 Å². The first-order chi connectivity index (χ1) is 11.4. The van der Waals surface area contributed by atoms with Gasteiger partial charge in [-0.05, 0) is 25.7 Å². The number of hydrogen-bond donors (Lipinski definition) is 1. The summed E-state index contributed by atoms with van der Waals surface area (Å²) in [5.41, 5.74) is 0. The summed E-state index contributed by atoms with van der Waals surface area (Å²) in [6.07, 6.45) is 13.7. The largest absolute Gasteiger partial charge is 1.00 e. The number of hydrogen-bond acceptors (Lipinski definition) is 4. The molecule has 0 aromatic carbocycles. The van der Waals surface area contributed by atoms with E-state index in [1.165, 1.54) is 25.7 Å². The van der Waals surface area contributed by atoms with E-state index in [1.54, 1.807) is 0 Å². The minimum absolute atomic E-state index is 0. The van der Waals surface area contributed by atoms with E-state index < -0.39 is 15.4 Å². The van der Waals surface area contributed by atoms with Crippen LogP contribution in [0.3, 0.4) is 0 Å². The summed E-state index contributed by atoms with van der Waals surface area (Å²) in [4.78, 5) is 0. The summed E-state index contributed by atoms with van der Waals surface area (Å²) in [7, 11) is -4.19. The Kier molecular flexibility index (Phi) is 21.7. The van der Waals surface area contributed by atoms with Crippen LogP contribution in [0.4, 0.5) is 0 Å². The monoisotopic (exact) mass is 402 g/mol. The number of aliphatic hydroxyl groups is 1. The molecule has 0 heterocycles. The molecule has 4 nitrogen and oxygen atoms in total. The second-order valence-electron chi connectivity index (χ2n) is 7.11. The first-order valence-electron chi connectivity index (χ1n) is 10.0. The molecule has 146 valence electrons. The zero-order chi connectivity index (χ0) is 18.3. The van der Waals surface area contributed by atoms with Crippen LogP contribution in [0.15, 0.2) is 0 Å². The topological polar surface area (TPSA) is 77.4 Å². The van der Waals surface area contributed by atoms with Crippen molar-refractivity contribution >= 4 is 10.1 Å². The van der Waals surface area contributed by atoms with E-state index in [-0.39, 0.29) is 57.5 Å². The van der Waals surface area contributed by atoms with Crippen molar-refractivity contribution in [1.29, 1.82) is 0 Å². The van der Waals surface area contributed by atoms with E-state index in [9.17, 15) is 18.1 Å². The third-order valence-electron chi connectivity index (χ3n) is 4.74. The second-order valence-corrected chi connectivity index (χ2v) is 8.76. The van der Waals surface area contributed by atoms with Crippen molar-refractivity contribution in [2.24, 2.45) is 0 Å². The van der Waals surface area contributed by atoms with Crippen LogP contribution in [0, 0.1) is 0 Å². The van der Waals surface area contributed by atoms with Gasteiger partial charge in [0.2, 0.25) is 0 Å². The SMILES string of the molecule is CCCCCCCCCC(CCCCC(O)CCCC)S(=O)(=O)[O-].[K+]. The summed E-state index contributed by atoms with van der Waals surface area (Å²) in [6.45, 7) is 4.28. The molecule has 2 unspecified atom stereocenters. The van der Waals surface area contributed by atoms with Crippen molar-refractivity contribution in [3.63, 3.8) is 0 Å². The Labute approximate surface area is 199 Å². The Bertz CT molecular complexity index is 374. The standard InChI is InChI=1S/C19H40O4S.K/c1-3-5-7-8-9-10-11-16-19(24(21,22)23)17-13-12-15-18(20)14-6-4-2;/h18-20H,3-17H2,1-2H3,(H,21,22,23);/q;+1/p-1. The van der Waals surface area contributed by atoms with Gasteiger partial charge in [-0.15, -0.1) is 0 Å². The summed E-state index contributed by atoms with van der Waals surface area (Å²) in [5.74, 6) is 0. The molecule has 1 N–H and O–H groups in total. The van der Waals surface area contributed by atoms with Crippen molar-refractivity contribution in [1.82, 2.24) is 0 Å². The molecule has 2 atom stereocenters. The first kappa shape index (κ1) is 28.7. The predicted molar refractivity (Wildman–Crippen MR) is 100 cm³/mol. The molecule has 0 radical (unpaired) electrons. The van der Waals surface area contributed by atoms with Crippen LogP contribution in [-0.4, -0.2) is 29.4 Å². The Hall–Kier alpha value is 1.51. The number of aliphatic hydroxyl groups excluding tert-OH is 1. The summed E-state index contributed by atoms with van der Waals surface area (Å²) < 4.78 is 34.2. The maximum atomic E-state index is 11.4. The zero-order valence-electron chi connectivity index (χ0n) is 16.8. The van der Waals surface area contributed by atoms with Crippen LogP contribution >= 0.6 is 0 Å². The van der Waals surface area contributed by atoms with Gasteiger partial charge < -0.3 is 9.66 Å². The van der Waals surface area contributed by atoms with Gasteiger partial charge in [0.05, 0.1) is 16.2 Å². The van der Waals surface area contributed by atoms with Gasteiger partial charge in [-0.1, -0.05) is 84.5 Å². The van der Waals surface area contributed by atoms with E-state index in [1.807, 2.05) is 0 Å². The van der Waals surface area contributed by atoms with Crippen LogP contribution in [-0.2, 0) is 10.1 Å².